The molecular weight excluding hydrogens is 446 g/mol. The van der Waals surface area contributed by atoms with Crippen molar-refractivity contribution in [2.75, 3.05) is 21.9 Å². The summed E-state index contributed by atoms with van der Waals surface area (Å²) in [6.45, 7) is 0.450. The Morgan fingerprint density at radius 1 is 1.06 bits per heavy atom. The van der Waals surface area contributed by atoms with E-state index in [9.17, 15) is 18.5 Å². The van der Waals surface area contributed by atoms with Gasteiger partial charge in [-0.2, -0.15) is 5.26 Å². The van der Waals surface area contributed by atoms with Crippen LogP contribution in [-0.2, 0) is 10.0 Å². The Kier molecular flexibility index (Phi) is 6.17. The van der Waals surface area contributed by atoms with E-state index in [1.165, 1.54) is 4.31 Å². The topological polar surface area (TPSA) is 90.3 Å². The summed E-state index contributed by atoms with van der Waals surface area (Å²) in [5.41, 5.74) is 2.95. The predicted octanol–water partition coefficient (Wildman–Crippen LogP) is 4.79. The fourth-order valence-corrected chi connectivity index (χ4v) is 5.57. The summed E-state index contributed by atoms with van der Waals surface area (Å²) in [7, 11) is -3.26. The van der Waals surface area contributed by atoms with E-state index in [1.54, 1.807) is 42.5 Å². The van der Waals surface area contributed by atoms with Crippen LogP contribution < -0.4 is 9.62 Å². The van der Waals surface area contributed by atoms with Gasteiger partial charge < -0.3 is 5.32 Å². The van der Waals surface area contributed by atoms with E-state index < -0.39 is 15.9 Å². The van der Waals surface area contributed by atoms with Gasteiger partial charge in [-0.05, 0) is 53.9 Å². The number of anilines is 2. The smallest absolute Gasteiger partial charge is 0.255 e. The van der Waals surface area contributed by atoms with Crippen LogP contribution in [0.2, 0.25) is 5.02 Å². The number of sulfonamides is 1. The van der Waals surface area contributed by atoms with Crippen LogP contribution in [0.5, 0.6) is 0 Å². The van der Waals surface area contributed by atoms with E-state index in [0.717, 1.165) is 5.56 Å². The fraction of sp³-hybridized carbons (Fsp3) is 0.167. The molecule has 3 aromatic carbocycles. The Hall–Kier alpha value is -3.34. The maximum atomic E-state index is 12.6. The van der Waals surface area contributed by atoms with Gasteiger partial charge in [0.15, 0.2) is 0 Å². The molecule has 8 heteroatoms. The zero-order valence-electron chi connectivity index (χ0n) is 17.0. The number of hydrogen-bond donors (Lipinski definition) is 1. The van der Waals surface area contributed by atoms with Crippen LogP contribution in [0, 0.1) is 11.3 Å². The average Bonchev–Trinajstić information content (AvgIpc) is 3.15. The van der Waals surface area contributed by atoms with Crippen molar-refractivity contribution < 1.29 is 13.2 Å². The number of benzene rings is 3. The minimum absolute atomic E-state index is 0.142. The summed E-state index contributed by atoms with van der Waals surface area (Å²) >= 11 is 6.44. The van der Waals surface area contributed by atoms with E-state index in [-0.39, 0.29) is 11.7 Å². The molecule has 6 nitrogen and oxygen atoms in total. The van der Waals surface area contributed by atoms with Crippen molar-refractivity contribution in [3.05, 3.63) is 94.5 Å². The molecule has 162 valence electrons. The molecule has 4 rings (SSSR count). The van der Waals surface area contributed by atoms with Crippen LogP contribution in [0.4, 0.5) is 11.4 Å². The number of amides is 1. The normalized spacial score (nSPS) is 15.7. The number of carbonyl (C=O) groups excluding carboxylic acids is 1. The van der Waals surface area contributed by atoms with Gasteiger partial charge >= 0.3 is 0 Å². The van der Waals surface area contributed by atoms with Gasteiger partial charge in [0.05, 0.1) is 23.4 Å². The van der Waals surface area contributed by atoms with E-state index in [1.807, 2.05) is 30.3 Å². The third-order valence-corrected chi connectivity index (χ3v) is 7.54. The standard InChI is InChI=1S/C24H20ClN3O3S/c25-23-15-19(9-12-21(23)22(16-26)17-5-2-1-3-6-17)27-24(29)18-7-10-20(11-8-18)28-13-4-14-32(28,30)31/h1-3,5-12,15,22H,4,13-14H2,(H,27,29). The molecular formula is C24H20ClN3O3S. The van der Waals surface area contributed by atoms with Crippen molar-refractivity contribution in [3.63, 3.8) is 0 Å². The quantitative estimate of drug-likeness (QED) is 0.586. The van der Waals surface area contributed by atoms with Gasteiger partial charge in [-0.1, -0.05) is 48.0 Å². The summed E-state index contributed by atoms with van der Waals surface area (Å²) in [4.78, 5) is 12.6. The molecule has 0 saturated carbocycles. The van der Waals surface area contributed by atoms with Crippen LogP contribution in [-0.4, -0.2) is 26.6 Å². The van der Waals surface area contributed by atoms with Crippen LogP contribution in [0.3, 0.4) is 0 Å². The van der Waals surface area contributed by atoms with Gasteiger partial charge in [0, 0.05) is 22.8 Å². The van der Waals surface area contributed by atoms with E-state index in [2.05, 4.69) is 11.4 Å². The molecule has 0 spiro atoms. The molecule has 1 N–H and O–H groups in total. The van der Waals surface area contributed by atoms with Gasteiger partial charge in [0.2, 0.25) is 10.0 Å². The van der Waals surface area contributed by atoms with Gasteiger partial charge in [0.25, 0.3) is 5.91 Å². The second-order valence-corrected chi connectivity index (χ2v) is 9.87. The monoisotopic (exact) mass is 465 g/mol. The van der Waals surface area contributed by atoms with Gasteiger partial charge in [0.1, 0.15) is 0 Å². The predicted molar refractivity (Wildman–Crippen MR) is 125 cm³/mol. The highest BCUT2D eigenvalue weighted by Crippen LogP contribution is 2.32. The number of nitrogens with one attached hydrogen (secondary N) is 1. The van der Waals surface area contributed by atoms with E-state index in [4.69, 9.17) is 11.6 Å². The first-order valence-corrected chi connectivity index (χ1v) is 12.0. The molecule has 0 radical (unpaired) electrons. The molecule has 1 aliphatic heterocycles. The fourth-order valence-electron chi connectivity index (χ4n) is 3.72. The van der Waals surface area contributed by atoms with E-state index >= 15 is 0 Å². The first kappa shape index (κ1) is 21.9. The van der Waals surface area contributed by atoms with Crippen molar-refractivity contribution in [2.45, 2.75) is 12.3 Å². The lowest BCUT2D eigenvalue weighted by molar-refractivity contribution is 0.102. The molecule has 32 heavy (non-hydrogen) atoms. The van der Waals surface area contributed by atoms with Crippen molar-refractivity contribution in [1.29, 1.82) is 5.26 Å². The molecule has 1 heterocycles. The molecule has 1 aliphatic rings. The summed E-state index contributed by atoms with van der Waals surface area (Å²) in [6.07, 6.45) is 0.595. The Morgan fingerprint density at radius 3 is 2.38 bits per heavy atom. The molecule has 1 unspecified atom stereocenters. The van der Waals surface area contributed by atoms with Crippen LogP contribution in [0.25, 0.3) is 0 Å². The third kappa shape index (κ3) is 4.47. The lowest BCUT2D eigenvalue weighted by Crippen LogP contribution is -2.25. The minimum Gasteiger partial charge on any atom is -0.322 e. The lowest BCUT2D eigenvalue weighted by atomic mass is 9.92. The molecule has 0 aliphatic carbocycles. The summed E-state index contributed by atoms with van der Waals surface area (Å²) in [6, 6.07) is 23.1. The van der Waals surface area contributed by atoms with Crippen molar-refractivity contribution in [1.82, 2.24) is 0 Å². The SMILES string of the molecule is N#CC(c1ccccc1)c1ccc(NC(=O)c2ccc(N3CCCS3(=O)=O)cc2)cc1Cl. The number of hydrogen-bond acceptors (Lipinski definition) is 4. The van der Waals surface area contributed by atoms with E-state index in [0.29, 0.717) is 40.5 Å². The first-order chi connectivity index (χ1) is 15.4. The molecule has 0 bridgehead atoms. The maximum Gasteiger partial charge on any atom is 0.255 e. The Bertz CT molecular complexity index is 1290. The van der Waals surface area contributed by atoms with Gasteiger partial charge in [-0.15, -0.1) is 0 Å². The zero-order valence-corrected chi connectivity index (χ0v) is 18.6. The first-order valence-electron chi connectivity index (χ1n) is 10.0. The van der Waals surface area contributed by atoms with Crippen LogP contribution in [0.15, 0.2) is 72.8 Å². The molecule has 1 amide bonds. The maximum absolute atomic E-state index is 12.6. The third-order valence-electron chi connectivity index (χ3n) is 5.35. The second kappa shape index (κ2) is 9.03. The average molecular weight is 466 g/mol. The molecule has 3 aromatic rings. The highest BCUT2D eigenvalue weighted by molar-refractivity contribution is 7.93. The number of rotatable bonds is 5. The van der Waals surface area contributed by atoms with Crippen molar-refractivity contribution in [2.24, 2.45) is 0 Å². The largest absolute Gasteiger partial charge is 0.322 e. The second-order valence-electron chi connectivity index (χ2n) is 7.45. The Balaban J connectivity index is 1.49. The number of halogens is 1. The van der Waals surface area contributed by atoms with Crippen molar-refractivity contribution >= 4 is 38.9 Å². The summed E-state index contributed by atoms with van der Waals surface area (Å²) < 4.78 is 25.5. The Labute approximate surface area is 192 Å². The van der Waals surface area contributed by atoms with Crippen LogP contribution >= 0.6 is 11.6 Å². The highest BCUT2D eigenvalue weighted by Gasteiger charge is 2.28. The molecule has 1 saturated heterocycles. The molecule has 1 fully saturated rings. The highest BCUT2D eigenvalue weighted by atomic mass is 35.5. The minimum atomic E-state index is -3.26. The van der Waals surface area contributed by atoms with Crippen molar-refractivity contribution in [3.8, 4) is 6.07 Å². The Morgan fingerprint density at radius 2 is 1.78 bits per heavy atom. The summed E-state index contributed by atoms with van der Waals surface area (Å²) in [5, 5.41) is 12.8. The lowest BCUT2D eigenvalue weighted by Gasteiger charge is -2.17. The molecule has 1 atom stereocenters. The molecule has 0 aromatic heterocycles. The summed E-state index contributed by atoms with van der Waals surface area (Å²) in [5.74, 6) is -0.712. The number of nitrogens with zero attached hydrogens (tertiary/aromatic N) is 2. The van der Waals surface area contributed by atoms with Gasteiger partial charge in [-0.25, -0.2) is 8.42 Å². The van der Waals surface area contributed by atoms with Crippen LogP contribution in [0.1, 0.15) is 33.8 Å². The number of nitriles is 1. The van der Waals surface area contributed by atoms with Gasteiger partial charge in [-0.3, -0.25) is 9.10 Å². The zero-order chi connectivity index (χ0) is 22.7. The number of carbonyl (C=O) groups is 1.